The predicted octanol–water partition coefficient (Wildman–Crippen LogP) is 3.64. The summed E-state index contributed by atoms with van der Waals surface area (Å²) in [4.78, 5) is 27.6. The molecule has 196 valence electrons. The van der Waals surface area contributed by atoms with Crippen LogP contribution in [0.4, 0.5) is 5.82 Å². The molecule has 36 heavy (non-hydrogen) atoms. The van der Waals surface area contributed by atoms with Gasteiger partial charge in [-0.1, -0.05) is 6.07 Å². The lowest BCUT2D eigenvalue weighted by Crippen LogP contribution is -2.40. The predicted molar refractivity (Wildman–Crippen MR) is 142 cm³/mol. The number of nitrogens with zero attached hydrogens (tertiary/aromatic N) is 5. The average Bonchev–Trinajstić information content (AvgIpc) is 3.41. The number of piperidine rings is 1. The van der Waals surface area contributed by atoms with Gasteiger partial charge in [-0.25, -0.2) is 9.97 Å². The highest BCUT2D eigenvalue weighted by atomic mass is 16.5. The Bertz CT molecular complexity index is 987. The van der Waals surface area contributed by atoms with E-state index in [1.807, 2.05) is 23.2 Å². The summed E-state index contributed by atoms with van der Waals surface area (Å²) in [6, 6.07) is 8.04. The van der Waals surface area contributed by atoms with Crippen molar-refractivity contribution >= 4 is 11.7 Å². The molecule has 0 spiro atoms. The van der Waals surface area contributed by atoms with E-state index in [9.17, 15) is 4.79 Å². The van der Waals surface area contributed by atoms with E-state index < -0.39 is 0 Å². The van der Waals surface area contributed by atoms with Crippen molar-refractivity contribution < 1.29 is 14.3 Å². The molecule has 0 aliphatic carbocycles. The standard InChI is InChI=1S/C28H41N5O3/c1-22(34)33-16-10-23(11-17-33)21-31(2)28-9-12-29-27(30-28)20-24-7-8-25(35-3)26(19-24)36-18-6-15-32-13-4-5-14-32/h7-9,12,19,23H,4-6,10-11,13-18,20-21H2,1-3H3. The van der Waals surface area contributed by atoms with Gasteiger partial charge in [0, 0.05) is 52.8 Å². The molecule has 3 heterocycles. The number of carbonyl (C=O) groups excluding carboxylic acids is 1. The van der Waals surface area contributed by atoms with Crippen molar-refractivity contribution in [1.82, 2.24) is 19.8 Å². The van der Waals surface area contributed by atoms with E-state index in [1.54, 1.807) is 14.0 Å². The Labute approximate surface area is 215 Å². The van der Waals surface area contributed by atoms with Crippen LogP contribution in [0.25, 0.3) is 0 Å². The van der Waals surface area contributed by atoms with E-state index >= 15 is 0 Å². The summed E-state index contributed by atoms with van der Waals surface area (Å²) in [5, 5.41) is 0. The van der Waals surface area contributed by atoms with Crippen LogP contribution in [0.15, 0.2) is 30.5 Å². The maximum Gasteiger partial charge on any atom is 0.219 e. The number of aromatic nitrogens is 2. The third kappa shape index (κ3) is 7.32. The summed E-state index contributed by atoms with van der Waals surface area (Å²) < 4.78 is 11.6. The van der Waals surface area contributed by atoms with Crippen molar-refractivity contribution in [3.05, 3.63) is 41.9 Å². The zero-order valence-corrected chi connectivity index (χ0v) is 22.1. The molecule has 2 saturated heterocycles. The van der Waals surface area contributed by atoms with Gasteiger partial charge in [-0.2, -0.15) is 0 Å². The summed E-state index contributed by atoms with van der Waals surface area (Å²) in [5.41, 5.74) is 1.10. The lowest BCUT2D eigenvalue weighted by atomic mass is 9.96. The Morgan fingerprint density at radius 3 is 2.61 bits per heavy atom. The second-order valence-electron chi connectivity index (χ2n) is 10.1. The maximum atomic E-state index is 11.6. The molecule has 4 rings (SSSR count). The van der Waals surface area contributed by atoms with Gasteiger partial charge < -0.3 is 24.2 Å². The summed E-state index contributed by atoms with van der Waals surface area (Å²) in [5.74, 6) is 4.00. The minimum absolute atomic E-state index is 0.177. The Hall–Kier alpha value is -2.87. The second kappa shape index (κ2) is 12.9. The highest BCUT2D eigenvalue weighted by Crippen LogP contribution is 2.29. The molecule has 2 aliphatic heterocycles. The van der Waals surface area contributed by atoms with E-state index in [4.69, 9.17) is 14.5 Å². The SMILES string of the molecule is COc1ccc(Cc2nccc(N(C)CC3CCN(C(C)=O)CC3)n2)cc1OCCCN1CCCC1. The van der Waals surface area contributed by atoms with Gasteiger partial charge in [0.2, 0.25) is 5.91 Å². The molecule has 0 unspecified atom stereocenters. The molecule has 0 N–H and O–H groups in total. The first-order valence-corrected chi connectivity index (χ1v) is 13.3. The molecule has 0 bridgehead atoms. The van der Waals surface area contributed by atoms with Crippen molar-refractivity contribution in [2.45, 2.75) is 45.4 Å². The van der Waals surface area contributed by atoms with Gasteiger partial charge in [0.05, 0.1) is 13.7 Å². The second-order valence-corrected chi connectivity index (χ2v) is 10.1. The molecule has 0 saturated carbocycles. The lowest BCUT2D eigenvalue weighted by molar-refractivity contribution is -0.130. The Balaban J connectivity index is 1.32. The maximum absolute atomic E-state index is 11.6. The van der Waals surface area contributed by atoms with Crippen LogP contribution in [-0.4, -0.2) is 85.7 Å². The van der Waals surface area contributed by atoms with Gasteiger partial charge in [0.25, 0.3) is 0 Å². The van der Waals surface area contributed by atoms with Crippen molar-refractivity contribution in [2.24, 2.45) is 5.92 Å². The quantitative estimate of drug-likeness (QED) is 0.441. The van der Waals surface area contributed by atoms with Crippen LogP contribution in [0.3, 0.4) is 0 Å². The number of carbonyl (C=O) groups is 1. The van der Waals surface area contributed by atoms with E-state index in [0.717, 1.165) is 74.1 Å². The largest absolute Gasteiger partial charge is 0.493 e. The zero-order valence-electron chi connectivity index (χ0n) is 22.1. The van der Waals surface area contributed by atoms with Crippen LogP contribution in [0.5, 0.6) is 11.5 Å². The van der Waals surface area contributed by atoms with Crippen LogP contribution in [0.2, 0.25) is 0 Å². The van der Waals surface area contributed by atoms with Gasteiger partial charge >= 0.3 is 0 Å². The topological polar surface area (TPSA) is 71.0 Å². The summed E-state index contributed by atoms with van der Waals surface area (Å²) >= 11 is 0. The van der Waals surface area contributed by atoms with Gasteiger partial charge in [0.15, 0.2) is 11.5 Å². The molecule has 2 aromatic rings. The average molecular weight is 496 g/mol. The highest BCUT2D eigenvalue weighted by Gasteiger charge is 2.22. The minimum Gasteiger partial charge on any atom is -0.493 e. The molecular weight excluding hydrogens is 454 g/mol. The highest BCUT2D eigenvalue weighted by molar-refractivity contribution is 5.73. The van der Waals surface area contributed by atoms with Crippen molar-refractivity contribution in [1.29, 1.82) is 0 Å². The molecule has 8 heteroatoms. The number of likely N-dealkylation sites (tertiary alicyclic amines) is 2. The third-order valence-corrected chi connectivity index (χ3v) is 7.34. The van der Waals surface area contributed by atoms with Crippen molar-refractivity contribution in [3.8, 4) is 11.5 Å². The van der Waals surface area contributed by atoms with Crippen LogP contribution in [-0.2, 0) is 11.2 Å². The van der Waals surface area contributed by atoms with Gasteiger partial charge in [-0.15, -0.1) is 0 Å². The normalized spacial score (nSPS) is 16.8. The summed E-state index contributed by atoms with van der Waals surface area (Å²) in [7, 11) is 3.77. The number of hydrogen-bond acceptors (Lipinski definition) is 7. The van der Waals surface area contributed by atoms with Crippen LogP contribution in [0, 0.1) is 5.92 Å². The summed E-state index contributed by atoms with van der Waals surface area (Å²) in [6.07, 6.45) is 8.19. The number of methoxy groups -OCH3 is 1. The van der Waals surface area contributed by atoms with Crippen LogP contribution >= 0.6 is 0 Å². The molecule has 0 atom stereocenters. The minimum atomic E-state index is 0.177. The molecule has 8 nitrogen and oxygen atoms in total. The third-order valence-electron chi connectivity index (χ3n) is 7.34. The Kier molecular flexibility index (Phi) is 9.39. The number of amides is 1. The molecule has 1 amide bonds. The van der Waals surface area contributed by atoms with E-state index in [0.29, 0.717) is 18.9 Å². The summed E-state index contributed by atoms with van der Waals surface area (Å²) in [6.45, 7) is 8.48. The molecule has 1 aromatic heterocycles. The van der Waals surface area contributed by atoms with Gasteiger partial charge in [-0.3, -0.25) is 4.79 Å². The monoisotopic (exact) mass is 495 g/mol. The van der Waals surface area contributed by atoms with Crippen LogP contribution < -0.4 is 14.4 Å². The molecule has 1 aromatic carbocycles. The van der Waals surface area contributed by atoms with E-state index in [2.05, 4.69) is 34.0 Å². The number of hydrogen-bond donors (Lipinski definition) is 0. The van der Waals surface area contributed by atoms with Crippen molar-refractivity contribution in [2.75, 3.05) is 64.9 Å². The number of ether oxygens (including phenoxy) is 2. The van der Waals surface area contributed by atoms with E-state index in [-0.39, 0.29) is 5.91 Å². The Morgan fingerprint density at radius 1 is 1.11 bits per heavy atom. The molecule has 2 fully saturated rings. The number of anilines is 1. The number of benzene rings is 1. The first-order chi connectivity index (χ1) is 17.5. The number of rotatable bonds is 11. The Morgan fingerprint density at radius 2 is 1.89 bits per heavy atom. The van der Waals surface area contributed by atoms with E-state index in [1.165, 1.54) is 25.9 Å². The van der Waals surface area contributed by atoms with Crippen molar-refractivity contribution in [3.63, 3.8) is 0 Å². The fraction of sp³-hybridized carbons (Fsp3) is 0.607. The van der Waals surface area contributed by atoms with Gasteiger partial charge in [-0.05, 0) is 74.9 Å². The molecule has 2 aliphatic rings. The molecule has 0 radical (unpaired) electrons. The smallest absolute Gasteiger partial charge is 0.219 e. The van der Waals surface area contributed by atoms with Gasteiger partial charge in [0.1, 0.15) is 11.6 Å². The zero-order chi connectivity index (χ0) is 25.3. The fourth-order valence-electron chi connectivity index (χ4n) is 5.20. The first-order valence-electron chi connectivity index (χ1n) is 13.3. The first kappa shape index (κ1) is 26.2. The lowest BCUT2D eigenvalue weighted by Gasteiger charge is -2.33. The molecular formula is C28H41N5O3. The van der Waals surface area contributed by atoms with Crippen LogP contribution in [0.1, 0.15) is 50.4 Å². The fourth-order valence-corrected chi connectivity index (χ4v) is 5.20.